The predicted molar refractivity (Wildman–Crippen MR) is 75.3 cm³/mol. The van der Waals surface area contributed by atoms with Gasteiger partial charge in [0.25, 0.3) is 0 Å². The molecule has 8 heteroatoms. The van der Waals surface area contributed by atoms with Gasteiger partial charge in [0, 0.05) is 0 Å². The second-order valence-corrected chi connectivity index (χ2v) is 6.68. The lowest BCUT2D eigenvalue weighted by Crippen LogP contribution is -2.40. The summed E-state index contributed by atoms with van der Waals surface area (Å²) in [6, 6.07) is 0. The Labute approximate surface area is 134 Å². The Hall–Kier alpha value is -1.19. The number of ether oxygens (including phenoxy) is 6. The average molecular weight is 330 g/mol. The van der Waals surface area contributed by atoms with Gasteiger partial charge in [-0.15, -0.1) is 0 Å². The van der Waals surface area contributed by atoms with Gasteiger partial charge in [-0.05, 0) is 27.7 Å². The molecule has 3 saturated heterocycles. The molecule has 5 atom stereocenters. The van der Waals surface area contributed by atoms with Crippen molar-refractivity contribution in [3.05, 3.63) is 12.3 Å². The molecular formula is C15H22O8. The van der Waals surface area contributed by atoms with Crippen molar-refractivity contribution < 1.29 is 38.3 Å². The van der Waals surface area contributed by atoms with Crippen molar-refractivity contribution in [2.45, 2.75) is 70.0 Å². The summed E-state index contributed by atoms with van der Waals surface area (Å²) < 4.78 is 34.4. The van der Waals surface area contributed by atoms with E-state index in [1.165, 1.54) is 0 Å². The Morgan fingerprint density at radius 1 is 1.09 bits per heavy atom. The van der Waals surface area contributed by atoms with Crippen LogP contribution in [-0.4, -0.2) is 60.0 Å². The van der Waals surface area contributed by atoms with Crippen molar-refractivity contribution in [2.75, 3.05) is 6.61 Å². The first-order chi connectivity index (χ1) is 10.7. The highest BCUT2D eigenvalue weighted by Crippen LogP contribution is 2.42. The molecule has 3 heterocycles. The van der Waals surface area contributed by atoms with Crippen LogP contribution in [0.1, 0.15) is 27.7 Å². The molecule has 0 unspecified atom stereocenters. The Balaban J connectivity index is 1.73. The SMILES string of the molecule is CC1(C)O[C@@H]2[C@H](O1)[C@@H](OC=CC(=O)O)O[C@@H]2[C@H]1COC(C)(C)O1. The molecule has 0 saturated carbocycles. The van der Waals surface area contributed by atoms with Crippen molar-refractivity contribution in [3.8, 4) is 0 Å². The quantitative estimate of drug-likeness (QED) is 0.603. The van der Waals surface area contributed by atoms with Crippen molar-refractivity contribution in [1.82, 2.24) is 0 Å². The minimum atomic E-state index is -1.10. The van der Waals surface area contributed by atoms with E-state index in [0.717, 1.165) is 12.3 Å². The average Bonchev–Trinajstić information content (AvgIpc) is 3.01. The van der Waals surface area contributed by atoms with Crippen LogP contribution < -0.4 is 0 Å². The van der Waals surface area contributed by atoms with E-state index in [0.29, 0.717) is 6.61 Å². The molecule has 3 aliphatic rings. The predicted octanol–water partition coefficient (Wildman–Crippen LogP) is 0.998. The molecule has 0 aliphatic carbocycles. The van der Waals surface area contributed by atoms with Crippen LogP contribution in [-0.2, 0) is 33.2 Å². The van der Waals surface area contributed by atoms with Crippen LogP contribution in [0.2, 0.25) is 0 Å². The van der Waals surface area contributed by atoms with Crippen molar-refractivity contribution >= 4 is 5.97 Å². The molecule has 0 amide bonds. The van der Waals surface area contributed by atoms with Crippen LogP contribution >= 0.6 is 0 Å². The fourth-order valence-electron chi connectivity index (χ4n) is 3.05. The Morgan fingerprint density at radius 3 is 2.39 bits per heavy atom. The maximum Gasteiger partial charge on any atom is 0.331 e. The summed E-state index contributed by atoms with van der Waals surface area (Å²) in [6.07, 6.45) is -0.382. The number of hydrogen-bond donors (Lipinski definition) is 1. The summed E-state index contributed by atoms with van der Waals surface area (Å²) in [4.78, 5) is 10.5. The van der Waals surface area contributed by atoms with Gasteiger partial charge in [0.1, 0.15) is 18.3 Å². The van der Waals surface area contributed by atoms with E-state index in [9.17, 15) is 4.79 Å². The molecule has 0 bridgehead atoms. The Kier molecular flexibility index (Phi) is 4.14. The zero-order valence-electron chi connectivity index (χ0n) is 13.6. The van der Waals surface area contributed by atoms with Gasteiger partial charge in [-0.3, -0.25) is 0 Å². The van der Waals surface area contributed by atoms with Gasteiger partial charge in [-0.2, -0.15) is 0 Å². The van der Waals surface area contributed by atoms with Crippen molar-refractivity contribution in [2.24, 2.45) is 0 Å². The molecular weight excluding hydrogens is 308 g/mol. The van der Waals surface area contributed by atoms with E-state index in [-0.39, 0.29) is 12.2 Å². The van der Waals surface area contributed by atoms with E-state index in [4.69, 9.17) is 33.5 Å². The van der Waals surface area contributed by atoms with Gasteiger partial charge in [0.2, 0.25) is 6.29 Å². The highest BCUT2D eigenvalue weighted by atomic mass is 16.8. The molecule has 1 N–H and O–H groups in total. The molecule has 130 valence electrons. The molecule has 0 aromatic rings. The number of aliphatic carboxylic acids is 1. The van der Waals surface area contributed by atoms with Crippen LogP contribution in [0.3, 0.4) is 0 Å². The van der Waals surface area contributed by atoms with Gasteiger partial charge >= 0.3 is 5.97 Å². The van der Waals surface area contributed by atoms with E-state index in [1.54, 1.807) is 0 Å². The zero-order valence-corrected chi connectivity index (χ0v) is 13.6. The molecule has 0 aromatic carbocycles. The normalized spacial score (nSPS) is 41.3. The number of carbonyl (C=O) groups is 1. The number of rotatable bonds is 4. The lowest BCUT2D eigenvalue weighted by molar-refractivity contribution is -0.237. The second-order valence-electron chi connectivity index (χ2n) is 6.68. The third kappa shape index (κ3) is 3.51. The summed E-state index contributed by atoms with van der Waals surface area (Å²) >= 11 is 0. The standard InChI is InChI=1S/C15H22O8/c1-14(2)19-7-8(21-14)10-11-12(23-15(3,4)22-11)13(20-10)18-6-5-9(16)17/h5-6,8,10-13H,7H2,1-4H3,(H,16,17)/t8-,10-,11+,12+,13+/m1/s1. The summed E-state index contributed by atoms with van der Waals surface area (Å²) in [5.74, 6) is -2.56. The fourth-order valence-corrected chi connectivity index (χ4v) is 3.05. The van der Waals surface area contributed by atoms with Crippen molar-refractivity contribution in [1.29, 1.82) is 0 Å². The topological polar surface area (TPSA) is 92.7 Å². The molecule has 0 aromatic heterocycles. The molecule has 8 nitrogen and oxygen atoms in total. The summed E-state index contributed by atoms with van der Waals surface area (Å²) in [5, 5.41) is 8.64. The molecule has 0 spiro atoms. The van der Waals surface area contributed by atoms with Crippen LogP contribution in [0, 0.1) is 0 Å². The van der Waals surface area contributed by atoms with Crippen LogP contribution in [0.25, 0.3) is 0 Å². The first-order valence-electron chi connectivity index (χ1n) is 7.55. The van der Waals surface area contributed by atoms with Gasteiger partial charge in [-0.25, -0.2) is 4.79 Å². The van der Waals surface area contributed by atoms with E-state index >= 15 is 0 Å². The highest BCUT2D eigenvalue weighted by Gasteiger charge is 2.59. The number of fused-ring (bicyclic) bond motifs is 1. The number of carboxylic acids is 1. The lowest BCUT2D eigenvalue weighted by atomic mass is 10.1. The summed E-state index contributed by atoms with van der Waals surface area (Å²) in [5.41, 5.74) is 0. The monoisotopic (exact) mass is 330 g/mol. The third-order valence-electron chi connectivity index (χ3n) is 3.87. The summed E-state index contributed by atoms with van der Waals surface area (Å²) in [7, 11) is 0. The second kappa shape index (κ2) is 5.71. The lowest BCUT2D eigenvalue weighted by Gasteiger charge is -2.26. The maximum atomic E-state index is 10.5. The number of hydrogen-bond acceptors (Lipinski definition) is 7. The van der Waals surface area contributed by atoms with Gasteiger partial charge in [0.15, 0.2) is 17.7 Å². The molecule has 3 rings (SSSR count). The Morgan fingerprint density at radius 2 is 1.78 bits per heavy atom. The largest absolute Gasteiger partial charge is 0.478 e. The molecule has 3 fully saturated rings. The maximum absolute atomic E-state index is 10.5. The fraction of sp³-hybridized carbons (Fsp3) is 0.800. The summed E-state index contributed by atoms with van der Waals surface area (Å²) in [6.45, 7) is 7.66. The van der Waals surface area contributed by atoms with Crippen LogP contribution in [0.15, 0.2) is 12.3 Å². The third-order valence-corrected chi connectivity index (χ3v) is 3.87. The minimum Gasteiger partial charge on any atom is -0.478 e. The molecule has 3 aliphatic heterocycles. The molecule has 0 radical (unpaired) electrons. The van der Waals surface area contributed by atoms with Gasteiger partial charge < -0.3 is 33.5 Å². The van der Waals surface area contributed by atoms with Crippen LogP contribution in [0.5, 0.6) is 0 Å². The minimum absolute atomic E-state index is 0.313. The van der Waals surface area contributed by atoms with Gasteiger partial charge in [-0.1, -0.05) is 0 Å². The zero-order chi connectivity index (χ0) is 16.8. The van der Waals surface area contributed by atoms with E-state index in [2.05, 4.69) is 0 Å². The first-order valence-corrected chi connectivity index (χ1v) is 7.55. The molecule has 23 heavy (non-hydrogen) atoms. The Bertz CT molecular complexity index is 500. The highest BCUT2D eigenvalue weighted by molar-refractivity contribution is 5.79. The smallest absolute Gasteiger partial charge is 0.331 e. The van der Waals surface area contributed by atoms with Gasteiger partial charge in [0.05, 0.1) is 18.9 Å². The first kappa shape index (κ1) is 16.7. The van der Waals surface area contributed by atoms with Crippen LogP contribution in [0.4, 0.5) is 0 Å². The van der Waals surface area contributed by atoms with Crippen molar-refractivity contribution in [3.63, 3.8) is 0 Å². The van der Waals surface area contributed by atoms with E-state index in [1.807, 2.05) is 27.7 Å². The van der Waals surface area contributed by atoms with E-state index < -0.39 is 36.0 Å². The number of carboxylic acid groups (broad SMARTS) is 1.